The quantitative estimate of drug-likeness (QED) is 0.167. The summed E-state index contributed by atoms with van der Waals surface area (Å²) < 4.78 is 7.89. The van der Waals surface area contributed by atoms with E-state index < -0.39 is 0 Å². The Kier molecular flexibility index (Phi) is 8.49. The van der Waals surface area contributed by atoms with Gasteiger partial charge in [-0.1, -0.05) is 158 Å². The maximum atomic E-state index is 6.58. The van der Waals surface area contributed by atoms with Gasteiger partial charge in [0.15, 0.2) is 11.6 Å². The molecule has 0 fully saturated rings. The Hall–Kier alpha value is -7.99. The van der Waals surface area contributed by atoms with Gasteiger partial charge < -0.3 is 4.42 Å². The van der Waals surface area contributed by atoms with Crippen LogP contribution < -0.4 is 0 Å². The molecule has 0 N–H and O–H groups in total. The molecule has 9 aromatic carbocycles. The molecule has 0 bridgehead atoms. The number of allylic oxidation sites excluding steroid dienone is 1. The molecule has 0 aliphatic heterocycles. The third kappa shape index (κ3) is 6.32. The summed E-state index contributed by atoms with van der Waals surface area (Å²) in [6.45, 7) is 0. The first-order chi connectivity index (χ1) is 31.6. The number of thiophene rings is 1. The van der Waals surface area contributed by atoms with Gasteiger partial charge in [-0.05, 0) is 121 Å². The number of hydrogen-bond acceptors (Lipinski definition) is 5. The van der Waals surface area contributed by atoms with Gasteiger partial charge >= 0.3 is 0 Å². The minimum absolute atomic E-state index is 0.00697. The summed E-state index contributed by atoms with van der Waals surface area (Å²) in [5.74, 6) is 2.13. The average Bonchev–Trinajstić information content (AvgIpc) is 3.94. The van der Waals surface area contributed by atoms with E-state index in [1.165, 1.54) is 37.0 Å². The Morgan fingerprint density at radius 3 is 1.83 bits per heavy atom. The van der Waals surface area contributed by atoms with E-state index in [1.54, 1.807) is 0 Å². The fraction of sp³-hybridized carbons (Fsp3) is 0.0339. The summed E-state index contributed by atoms with van der Waals surface area (Å²) in [5.41, 5.74) is 11.9. The largest absolute Gasteiger partial charge is 0.456 e. The molecule has 0 saturated heterocycles. The van der Waals surface area contributed by atoms with Gasteiger partial charge in [-0.3, -0.25) is 0 Å². The maximum absolute atomic E-state index is 6.58. The molecule has 5 heteroatoms. The highest BCUT2D eigenvalue weighted by Gasteiger charge is 2.24. The van der Waals surface area contributed by atoms with E-state index in [0.29, 0.717) is 11.6 Å². The number of fused-ring (bicyclic) bond motifs is 8. The van der Waals surface area contributed by atoms with Crippen LogP contribution in [0.15, 0.2) is 205 Å². The van der Waals surface area contributed by atoms with Gasteiger partial charge in [0.25, 0.3) is 0 Å². The van der Waals surface area contributed by atoms with Crippen molar-refractivity contribution in [2.75, 3.05) is 0 Å². The highest BCUT2D eigenvalue weighted by molar-refractivity contribution is 7.20. The maximum Gasteiger partial charge on any atom is 0.163 e. The number of rotatable bonds is 6. The minimum atomic E-state index is 0.00697. The van der Waals surface area contributed by atoms with Crippen molar-refractivity contribution in [3.63, 3.8) is 0 Å². The van der Waals surface area contributed by atoms with Gasteiger partial charge in [0.05, 0.1) is 0 Å². The second-order valence-electron chi connectivity index (χ2n) is 16.7. The zero-order valence-electron chi connectivity index (χ0n) is 34.6. The van der Waals surface area contributed by atoms with E-state index in [4.69, 9.17) is 19.4 Å². The lowest BCUT2D eigenvalue weighted by Crippen LogP contribution is -2.11. The summed E-state index contributed by atoms with van der Waals surface area (Å²) in [5, 5.41) is 8.12. The summed E-state index contributed by atoms with van der Waals surface area (Å²) >= 11 is 1.85. The monoisotopic (exact) mass is 835 g/mol. The Balaban J connectivity index is 0.939. The van der Waals surface area contributed by atoms with Crippen LogP contribution in [0.2, 0.25) is 0 Å². The van der Waals surface area contributed by atoms with Gasteiger partial charge in [-0.25, -0.2) is 15.0 Å². The summed E-state index contributed by atoms with van der Waals surface area (Å²) in [4.78, 5) is 17.1. The average molecular weight is 836 g/mol. The normalized spacial score (nSPS) is 13.7. The van der Waals surface area contributed by atoms with E-state index in [1.807, 2.05) is 17.4 Å². The second-order valence-corrected chi connectivity index (χ2v) is 17.8. The topological polar surface area (TPSA) is 51.8 Å². The first kappa shape index (κ1) is 36.6. The predicted molar refractivity (Wildman–Crippen MR) is 267 cm³/mol. The first-order valence-corrected chi connectivity index (χ1v) is 22.6. The van der Waals surface area contributed by atoms with Crippen molar-refractivity contribution >= 4 is 71.0 Å². The molecule has 1 aliphatic carbocycles. The summed E-state index contributed by atoms with van der Waals surface area (Å²) in [7, 11) is 0. The van der Waals surface area contributed by atoms with Crippen molar-refractivity contribution in [2.24, 2.45) is 0 Å². The van der Waals surface area contributed by atoms with Crippen LogP contribution in [0.4, 0.5) is 0 Å². The van der Waals surface area contributed by atoms with E-state index in [-0.39, 0.29) is 5.92 Å². The molecule has 12 aromatic rings. The summed E-state index contributed by atoms with van der Waals surface area (Å²) in [6.07, 6.45) is 5.38. The van der Waals surface area contributed by atoms with E-state index in [9.17, 15) is 0 Å². The standard InChI is InChI=1S/C59H37N3OS/c1-2-10-36(11-3-1)38-18-20-40(21-19-38)47-34-50(56-49-15-6-8-16-52(49)63-53(56)35-47)42-25-22-39-24-27-44(32-46(39)31-42)58-60-57(43-26-23-37-12-4-5-13-41(37)30-43)61-59(62-58)45-28-29-55-51(33-45)48-14-7-9-17-54(48)64-55/h1-32,34-35,45H,33H2. The van der Waals surface area contributed by atoms with Gasteiger partial charge in [-0.15, -0.1) is 11.3 Å². The van der Waals surface area contributed by atoms with Crippen LogP contribution in [-0.2, 0) is 6.42 Å². The Morgan fingerprint density at radius 2 is 1.03 bits per heavy atom. The lowest BCUT2D eigenvalue weighted by Gasteiger charge is -2.18. The molecule has 1 aliphatic rings. The van der Waals surface area contributed by atoms with Crippen LogP contribution >= 0.6 is 11.3 Å². The van der Waals surface area contributed by atoms with Crippen LogP contribution in [0.5, 0.6) is 0 Å². The van der Waals surface area contributed by atoms with Crippen molar-refractivity contribution in [1.29, 1.82) is 0 Å². The fourth-order valence-electron chi connectivity index (χ4n) is 9.56. The number of aromatic nitrogens is 3. The molecule has 3 aromatic heterocycles. The summed E-state index contributed by atoms with van der Waals surface area (Å²) in [6, 6.07) is 69.1. The number of hydrogen-bond donors (Lipinski definition) is 0. The van der Waals surface area contributed by atoms with Gasteiger partial charge in [0.2, 0.25) is 0 Å². The van der Waals surface area contributed by atoms with Crippen molar-refractivity contribution < 1.29 is 4.42 Å². The van der Waals surface area contributed by atoms with Crippen LogP contribution in [0.1, 0.15) is 22.2 Å². The van der Waals surface area contributed by atoms with Crippen LogP contribution in [0.25, 0.3) is 116 Å². The molecule has 0 saturated carbocycles. The molecule has 13 rings (SSSR count). The highest BCUT2D eigenvalue weighted by atomic mass is 32.1. The third-order valence-electron chi connectivity index (χ3n) is 12.8. The Labute approximate surface area is 373 Å². The van der Waals surface area contributed by atoms with Crippen molar-refractivity contribution in [2.45, 2.75) is 12.3 Å². The van der Waals surface area contributed by atoms with Gasteiger partial charge in [-0.2, -0.15) is 0 Å². The minimum Gasteiger partial charge on any atom is -0.456 e. The first-order valence-electron chi connectivity index (χ1n) is 21.7. The van der Waals surface area contributed by atoms with Gasteiger partial charge in [0, 0.05) is 37.4 Å². The van der Waals surface area contributed by atoms with Crippen molar-refractivity contribution in [3.8, 4) is 56.2 Å². The van der Waals surface area contributed by atoms with Crippen molar-refractivity contribution in [3.05, 3.63) is 216 Å². The SMILES string of the molecule is C1=CC(c2nc(-c3ccc4ccccc4c3)nc(-c3ccc4ccc(-c5cc(-c6ccc(-c7ccccc7)cc6)cc6oc7ccccc7c56)cc4c3)n2)Cc2c1sc1ccccc21. The highest BCUT2D eigenvalue weighted by Crippen LogP contribution is 2.43. The van der Waals surface area contributed by atoms with Crippen molar-refractivity contribution in [1.82, 2.24) is 15.0 Å². The Bertz CT molecular complexity index is 3830. The molecule has 0 radical (unpaired) electrons. The molecule has 0 amide bonds. The molecule has 64 heavy (non-hydrogen) atoms. The smallest absolute Gasteiger partial charge is 0.163 e. The van der Waals surface area contributed by atoms with Gasteiger partial charge in [0.1, 0.15) is 17.0 Å². The number of furan rings is 1. The molecule has 4 nitrogen and oxygen atoms in total. The lowest BCUT2D eigenvalue weighted by molar-refractivity contribution is 0.669. The number of benzene rings is 9. The molecule has 0 spiro atoms. The zero-order valence-corrected chi connectivity index (χ0v) is 35.4. The second kappa shape index (κ2) is 14.8. The molecule has 1 unspecified atom stereocenters. The molecule has 300 valence electrons. The van der Waals surface area contributed by atoms with Crippen LogP contribution in [-0.4, -0.2) is 15.0 Å². The zero-order chi connectivity index (χ0) is 42.1. The number of para-hydroxylation sites is 1. The third-order valence-corrected chi connectivity index (χ3v) is 14.0. The predicted octanol–water partition coefficient (Wildman–Crippen LogP) is 16.0. The van der Waals surface area contributed by atoms with Crippen LogP contribution in [0, 0.1) is 0 Å². The van der Waals surface area contributed by atoms with E-state index in [2.05, 4.69) is 200 Å². The van der Waals surface area contributed by atoms with Crippen LogP contribution in [0.3, 0.4) is 0 Å². The molecular weight excluding hydrogens is 799 g/mol. The number of nitrogens with zero attached hydrogens (tertiary/aromatic N) is 3. The fourth-order valence-corrected chi connectivity index (χ4v) is 10.7. The molecular formula is C59H37N3OS. The molecule has 3 heterocycles. The van der Waals surface area contributed by atoms with E-state index >= 15 is 0 Å². The Morgan fingerprint density at radius 1 is 0.438 bits per heavy atom. The lowest BCUT2D eigenvalue weighted by atomic mass is 9.91. The molecule has 1 atom stereocenters. The van der Waals surface area contributed by atoms with E-state index in [0.717, 1.165) is 83.7 Å².